The first-order chi connectivity index (χ1) is 9.74. The Morgan fingerprint density at radius 1 is 1.24 bits per heavy atom. The van der Waals surface area contributed by atoms with E-state index in [1.54, 1.807) is 6.92 Å². The molecule has 1 aromatic rings. The number of carbonyl (C=O) groups is 2. The third-order valence-electron chi connectivity index (χ3n) is 2.59. The molecule has 0 fully saturated rings. The predicted molar refractivity (Wildman–Crippen MR) is 71.9 cm³/mol. The van der Waals surface area contributed by atoms with E-state index in [0.29, 0.717) is 6.54 Å². The fourth-order valence-electron chi connectivity index (χ4n) is 1.60. The van der Waals surface area contributed by atoms with Crippen molar-refractivity contribution in [2.24, 2.45) is 0 Å². The minimum Gasteiger partial charge on any atom is -0.376 e. The second-order valence-electron chi connectivity index (χ2n) is 4.29. The average Bonchev–Trinajstić information content (AvgIpc) is 2.36. The molecule has 21 heavy (non-hydrogen) atoms. The molecule has 0 aromatic heterocycles. The van der Waals surface area contributed by atoms with E-state index in [1.165, 1.54) is 19.1 Å². The summed E-state index contributed by atoms with van der Waals surface area (Å²) in [7, 11) is 0. The van der Waals surface area contributed by atoms with Crippen LogP contribution in [0.2, 0.25) is 0 Å². The summed E-state index contributed by atoms with van der Waals surface area (Å²) in [4.78, 5) is 22.5. The lowest BCUT2D eigenvalue weighted by molar-refractivity contribution is -0.138. The van der Waals surface area contributed by atoms with E-state index in [-0.39, 0.29) is 17.8 Å². The van der Waals surface area contributed by atoms with Crippen molar-refractivity contribution in [2.75, 3.05) is 18.4 Å². The van der Waals surface area contributed by atoms with Gasteiger partial charge in [-0.15, -0.1) is 0 Å². The van der Waals surface area contributed by atoms with Gasteiger partial charge in [-0.05, 0) is 31.5 Å². The van der Waals surface area contributed by atoms with Crippen LogP contribution in [0.5, 0.6) is 0 Å². The number of hydrogen-bond donors (Lipinski definition) is 3. The number of imide groups is 1. The Morgan fingerprint density at radius 2 is 1.90 bits per heavy atom. The van der Waals surface area contributed by atoms with Crippen LogP contribution < -0.4 is 16.0 Å². The first-order valence-corrected chi connectivity index (χ1v) is 6.23. The van der Waals surface area contributed by atoms with Crippen molar-refractivity contribution >= 4 is 17.6 Å². The monoisotopic (exact) mass is 303 g/mol. The van der Waals surface area contributed by atoms with Crippen LogP contribution in [-0.2, 0) is 11.0 Å². The molecule has 116 valence electrons. The van der Waals surface area contributed by atoms with Gasteiger partial charge in [0.15, 0.2) is 0 Å². The van der Waals surface area contributed by atoms with Gasteiger partial charge in [0.05, 0.1) is 12.1 Å². The molecule has 0 saturated carbocycles. The summed E-state index contributed by atoms with van der Waals surface area (Å²) in [6, 6.07) is 3.02. The molecular weight excluding hydrogens is 287 g/mol. The maximum Gasteiger partial charge on any atom is 0.416 e. The summed E-state index contributed by atoms with van der Waals surface area (Å²) in [5.74, 6) is -0.643. The molecule has 0 aliphatic rings. The average molecular weight is 303 g/mol. The highest BCUT2D eigenvalue weighted by molar-refractivity contribution is 5.96. The van der Waals surface area contributed by atoms with Crippen molar-refractivity contribution in [1.29, 1.82) is 0 Å². The Kier molecular flexibility index (Phi) is 5.57. The number of halogens is 3. The number of nitrogens with one attached hydrogen (secondary N) is 3. The molecule has 0 atom stereocenters. The summed E-state index contributed by atoms with van der Waals surface area (Å²) >= 11 is 0. The summed E-state index contributed by atoms with van der Waals surface area (Å²) in [5.41, 5.74) is -0.518. The lowest BCUT2D eigenvalue weighted by Crippen LogP contribution is -2.41. The number of rotatable bonds is 4. The van der Waals surface area contributed by atoms with Crippen molar-refractivity contribution in [1.82, 2.24) is 10.6 Å². The highest BCUT2D eigenvalue weighted by Crippen LogP contribution is 2.33. The number of hydrogen-bond acceptors (Lipinski definition) is 3. The Bertz CT molecular complexity index is 530. The van der Waals surface area contributed by atoms with Crippen LogP contribution >= 0.6 is 0 Å². The molecule has 3 N–H and O–H groups in total. The summed E-state index contributed by atoms with van der Waals surface area (Å²) in [6.45, 7) is 3.10. The molecule has 0 saturated heterocycles. The lowest BCUT2D eigenvalue weighted by Gasteiger charge is -2.13. The van der Waals surface area contributed by atoms with Gasteiger partial charge in [0.2, 0.25) is 5.91 Å². The topological polar surface area (TPSA) is 70.2 Å². The Balaban J connectivity index is 2.64. The molecule has 0 spiro atoms. The van der Waals surface area contributed by atoms with E-state index in [9.17, 15) is 22.8 Å². The first-order valence-electron chi connectivity index (χ1n) is 6.23. The van der Waals surface area contributed by atoms with Crippen molar-refractivity contribution in [3.8, 4) is 0 Å². The zero-order valence-corrected chi connectivity index (χ0v) is 11.6. The minimum atomic E-state index is -4.45. The number of alkyl halides is 3. The first kappa shape index (κ1) is 16.8. The number of amides is 3. The highest BCUT2D eigenvalue weighted by atomic mass is 19.4. The molecule has 0 radical (unpaired) electrons. The van der Waals surface area contributed by atoms with Crippen LogP contribution in [0.1, 0.15) is 18.1 Å². The Labute approximate surface area is 119 Å². The number of carbonyl (C=O) groups excluding carboxylic acids is 2. The van der Waals surface area contributed by atoms with Gasteiger partial charge in [0.25, 0.3) is 0 Å². The molecular formula is C13H16F3N3O2. The van der Waals surface area contributed by atoms with E-state index >= 15 is 0 Å². The number of anilines is 1. The molecule has 0 aliphatic heterocycles. The molecule has 0 heterocycles. The molecule has 5 nitrogen and oxygen atoms in total. The van der Waals surface area contributed by atoms with Crippen LogP contribution in [0.3, 0.4) is 0 Å². The van der Waals surface area contributed by atoms with Gasteiger partial charge < -0.3 is 10.6 Å². The van der Waals surface area contributed by atoms with Gasteiger partial charge in [-0.3, -0.25) is 10.1 Å². The largest absolute Gasteiger partial charge is 0.416 e. The molecule has 1 rings (SSSR count). The van der Waals surface area contributed by atoms with Crippen molar-refractivity contribution in [3.63, 3.8) is 0 Å². The maximum absolute atomic E-state index is 12.7. The van der Waals surface area contributed by atoms with Gasteiger partial charge >= 0.3 is 12.2 Å². The van der Waals surface area contributed by atoms with E-state index in [0.717, 1.165) is 6.07 Å². The Hall–Kier alpha value is -2.25. The van der Waals surface area contributed by atoms with Gasteiger partial charge in [-0.25, -0.2) is 4.79 Å². The van der Waals surface area contributed by atoms with Gasteiger partial charge in [-0.2, -0.15) is 13.2 Å². The van der Waals surface area contributed by atoms with Gasteiger partial charge in [0.1, 0.15) is 0 Å². The number of aryl methyl sites for hydroxylation is 1. The SMILES string of the molecule is CCNC(=O)NC(=O)CNc1ccc(C)c(C(F)(F)F)c1. The third-order valence-corrected chi connectivity index (χ3v) is 2.59. The quantitative estimate of drug-likeness (QED) is 0.799. The van der Waals surface area contributed by atoms with Crippen LogP contribution in [0.25, 0.3) is 0 Å². The zero-order valence-electron chi connectivity index (χ0n) is 11.6. The van der Waals surface area contributed by atoms with E-state index in [1.807, 2.05) is 5.32 Å². The highest BCUT2D eigenvalue weighted by Gasteiger charge is 2.32. The van der Waals surface area contributed by atoms with Crippen molar-refractivity contribution < 1.29 is 22.8 Å². The summed E-state index contributed by atoms with van der Waals surface area (Å²) in [5, 5.41) is 6.94. The number of urea groups is 1. The van der Waals surface area contributed by atoms with E-state index in [4.69, 9.17) is 0 Å². The molecule has 0 unspecified atom stereocenters. The van der Waals surface area contributed by atoms with Crippen LogP contribution in [0.4, 0.5) is 23.7 Å². The Morgan fingerprint density at radius 3 is 2.48 bits per heavy atom. The van der Waals surface area contributed by atoms with Crippen LogP contribution in [0, 0.1) is 6.92 Å². The molecule has 0 aliphatic carbocycles. The van der Waals surface area contributed by atoms with Crippen LogP contribution in [0.15, 0.2) is 18.2 Å². The summed E-state index contributed by atoms with van der Waals surface area (Å²) < 4.78 is 38.2. The second-order valence-corrected chi connectivity index (χ2v) is 4.29. The fraction of sp³-hybridized carbons (Fsp3) is 0.385. The summed E-state index contributed by atoms with van der Waals surface area (Å²) in [6.07, 6.45) is -4.45. The van der Waals surface area contributed by atoms with Crippen LogP contribution in [-0.4, -0.2) is 25.0 Å². The number of benzene rings is 1. The van der Waals surface area contributed by atoms with Gasteiger partial charge in [-0.1, -0.05) is 6.07 Å². The normalized spacial score (nSPS) is 10.9. The third kappa shape index (κ3) is 5.33. The lowest BCUT2D eigenvalue weighted by atomic mass is 10.1. The smallest absolute Gasteiger partial charge is 0.376 e. The molecule has 3 amide bonds. The molecule has 8 heteroatoms. The standard InChI is InChI=1S/C13H16F3N3O2/c1-3-17-12(21)19-11(20)7-18-9-5-4-8(2)10(6-9)13(14,15)16/h4-6,18H,3,7H2,1-2H3,(H2,17,19,20,21). The van der Waals surface area contributed by atoms with Crippen molar-refractivity contribution in [3.05, 3.63) is 29.3 Å². The maximum atomic E-state index is 12.7. The minimum absolute atomic E-state index is 0.0971. The predicted octanol–water partition coefficient (Wildman–Crippen LogP) is 2.27. The molecule has 0 bridgehead atoms. The fourth-order valence-corrected chi connectivity index (χ4v) is 1.60. The van der Waals surface area contributed by atoms with Crippen molar-refractivity contribution in [2.45, 2.75) is 20.0 Å². The van der Waals surface area contributed by atoms with E-state index in [2.05, 4.69) is 10.6 Å². The van der Waals surface area contributed by atoms with Gasteiger partial charge in [0, 0.05) is 12.2 Å². The zero-order chi connectivity index (χ0) is 16.0. The molecule has 1 aromatic carbocycles. The second kappa shape index (κ2) is 6.96. The van der Waals surface area contributed by atoms with E-state index < -0.39 is 23.7 Å².